The molecule has 0 saturated carbocycles. The Bertz CT molecular complexity index is 1580. The number of carbonyl (C=O) groups is 2. The number of unbranched alkanes of at least 4 members (excludes halogenated alkanes) is 2. The van der Waals surface area contributed by atoms with Crippen LogP contribution in [-0.2, 0) is 42.6 Å². The Balaban J connectivity index is 1.19. The van der Waals surface area contributed by atoms with Crippen LogP contribution < -0.4 is 15.4 Å². The molecule has 3 aromatic carbocycles. The van der Waals surface area contributed by atoms with E-state index in [1.165, 1.54) is 11.8 Å². The lowest BCUT2D eigenvalue weighted by Crippen LogP contribution is -2.46. The van der Waals surface area contributed by atoms with Crippen molar-refractivity contribution < 1.29 is 42.0 Å². The molecular formula is C33H35N2O9P. The number of hydrogen-bond donors (Lipinski definition) is 3. The predicted octanol–water partition coefficient (Wildman–Crippen LogP) is 7.18. The summed E-state index contributed by atoms with van der Waals surface area (Å²) in [6.45, 7) is -0.129. The number of carboxylic acid groups (broad SMARTS) is 1. The quantitative estimate of drug-likeness (QED) is 0.0969. The molecule has 0 bridgehead atoms. The topological polar surface area (TPSA) is 146 Å². The number of fused-ring (bicyclic) bond motifs is 1. The Hall–Kier alpha value is -4.41. The maximum Gasteiger partial charge on any atom is 0.475 e. The van der Waals surface area contributed by atoms with Gasteiger partial charge in [0.2, 0.25) is 5.91 Å². The van der Waals surface area contributed by atoms with Crippen molar-refractivity contribution in [3.8, 4) is 17.1 Å². The molecule has 5 rings (SSSR count). The average molecular weight is 635 g/mol. The number of nitrogens with one attached hydrogen (secondary N) is 2. The average Bonchev–Trinajstić information content (AvgIpc) is 3.53. The largest absolute Gasteiger partial charge is 0.493 e. The van der Waals surface area contributed by atoms with Gasteiger partial charge in [0.05, 0.1) is 38.3 Å². The van der Waals surface area contributed by atoms with Crippen LogP contribution in [-0.4, -0.2) is 36.4 Å². The Morgan fingerprint density at radius 2 is 1.62 bits per heavy atom. The zero-order valence-electron chi connectivity index (χ0n) is 24.6. The van der Waals surface area contributed by atoms with E-state index in [0.29, 0.717) is 29.4 Å². The standard InChI is InChI=1S/C33H35N2O9P/c36-32(29(35-33(37)38)23-44-45(39)42-21-25-13-6-7-14-26(25)22-43-45)34-27-16-17-31(28(20-27)30-15-9-19-41-30)40-18-8-2-5-12-24-10-3-1-4-11-24/h1,3-4,6-7,9-11,13-17,19-20,29,35H,2,5,8,12,18,21-23H2,(H,34,36)(H,37,38). The summed E-state index contributed by atoms with van der Waals surface area (Å²) >= 11 is 0. The molecule has 0 radical (unpaired) electrons. The number of rotatable bonds is 14. The summed E-state index contributed by atoms with van der Waals surface area (Å²) in [6.07, 6.45) is 4.03. The Labute approximate surface area is 261 Å². The summed E-state index contributed by atoms with van der Waals surface area (Å²) in [4.78, 5) is 24.7. The number of phosphoric ester groups is 1. The number of hydrogen-bond acceptors (Lipinski definition) is 8. The van der Waals surface area contributed by atoms with Crippen molar-refractivity contribution in [3.05, 3.63) is 108 Å². The lowest BCUT2D eigenvalue weighted by atomic mass is 10.1. The van der Waals surface area contributed by atoms with E-state index in [0.717, 1.165) is 36.8 Å². The second kappa shape index (κ2) is 15.5. The van der Waals surface area contributed by atoms with E-state index in [9.17, 15) is 19.3 Å². The Morgan fingerprint density at radius 1 is 0.889 bits per heavy atom. The molecule has 2 heterocycles. The van der Waals surface area contributed by atoms with E-state index in [-0.39, 0.29) is 13.2 Å². The highest BCUT2D eigenvalue weighted by Crippen LogP contribution is 2.52. The highest BCUT2D eigenvalue weighted by molar-refractivity contribution is 7.48. The fourth-order valence-corrected chi connectivity index (χ4v) is 5.92. The van der Waals surface area contributed by atoms with Gasteiger partial charge in [-0.1, -0.05) is 54.6 Å². The minimum absolute atomic E-state index is 0.0195. The minimum Gasteiger partial charge on any atom is -0.493 e. The summed E-state index contributed by atoms with van der Waals surface area (Å²) in [7, 11) is -4.08. The summed E-state index contributed by atoms with van der Waals surface area (Å²) < 4.78 is 41.0. The monoisotopic (exact) mass is 634 g/mol. The van der Waals surface area contributed by atoms with Crippen molar-refractivity contribution in [2.75, 3.05) is 18.5 Å². The van der Waals surface area contributed by atoms with Crippen LogP contribution in [0.3, 0.4) is 0 Å². The molecule has 0 aliphatic carbocycles. The van der Waals surface area contributed by atoms with Gasteiger partial charge in [0.15, 0.2) is 0 Å². The molecular weight excluding hydrogens is 599 g/mol. The van der Waals surface area contributed by atoms with Gasteiger partial charge >= 0.3 is 13.9 Å². The van der Waals surface area contributed by atoms with Crippen LogP contribution in [0.2, 0.25) is 0 Å². The molecule has 236 valence electrons. The van der Waals surface area contributed by atoms with E-state index in [4.69, 9.17) is 22.7 Å². The van der Waals surface area contributed by atoms with E-state index in [1.54, 1.807) is 30.3 Å². The molecule has 4 aromatic rings. The zero-order valence-corrected chi connectivity index (χ0v) is 25.4. The van der Waals surface area contributed by atoms with E-state index in [2.05, 4.69) is 22.8 Å². The van der Waals surface area contributed by atoms with Gasteiger partial charge in [0, 0.05) is 5.69 Å². The summed E-state index contributed by atoms with van der Waals surface area (Å²) in [5.74, 6) is 0.381. The molecule has 3 N–H and O–H groups in total. The first kappa shape index (κ1) is 32.0. The highest BCUT2D eigenvalue weighted by atomic mass is 31.2. The number of carbonyl (C=O) groups excluding carboxylic acids is 1. The van der Waals surface area contributed by atoms with Crippen molar-refractivity contribution in [1.29, 1.82) is 0 Å². The van der Waals surface area contributed by atoms with Crippen molar-refractivity contribution in [2.24, 2.45) is 0 Å². The van der Waals surface area contributed by atoms with Crippen LogP contribution in [0.4, 0.5) is 10.5 Å². The van der Waals surface area contributed by atoms with Crippen molar-refractivity contribution in [3.63, 3.8) is 0 Å². The van der Waals surface area contributed by atoms with Gasteiger partial charge < -0.3 is 24.9 Å². The molecule has 45 heavy (non-hydrogen) atoms. The van der Waals surface area contributed by atoms with E-state index < -0.39 is 32.5 Å². The van der Waals surface area contributed by atoms with Crippen LogP contribution in [0.5, 0.6) is 5.75 Å². The second-order valence-electron chi connectivity index (χ2n) is 10.4. The fraction of sp³-hybridized carbons (Fsp3) is 0.273. The Kier molecular flexibility index (Phi) is 11.1. The van der Waals surface area contributed by atoms with Crippen LogP contribution >= 0.6 is 7.82 Å². The third kappa shape index (κ3) is 9.29. The Morgan fingerprint density at radius 3 is 2.31 bits per heavy atom. The highest BCUT2D eigenvalue weighted by Gasteiger charge is 2.33. The second-order valence-corrected chi connectivity index (χ2v) is 12.1. The first-order chi connectivity index (χ1) is 21.9. The molecule has 12 heteroatoms. The first-order valence-corrected chi connectivity index (χ1v) is 16.1. The number of aryl methyl sites for hydroxylation is 1. The molecule has 2 amide bonds. The molecule has 0 saturated heterocycles. The third-order valence-corrected chi connectivity index (χ3v) is 8.49. The minimum atomic E-state index is -4.08. The van der Waals surface area contributed by atoms with Crippen LogP contribution in [0.1, 0.15) is 36.0 Å². The molecule has 1 aliphatic rings. The lowest BCUT2D eigenvalue weighted by Gasteiger charge is -2.20. The predicted molar refractivity (Wildman–Crippen MR) is 167 cm³/mol. The lowest BCUT2D eigenvalue weighted by molar-refractivity contribution is -0.118. The molecule has 0 fully saturated rings. The van der Waals surface area contributed by atoms with Crippen LogP contribution in [0, 0.1) is 0 Å². The molecule has 1 aliphatic heterocycles. The van der Waals surface area contributed by atoms with Gasteiger partial charge in [0.25, 0.3) is 0 Å². The van der Waals surface area contributed by atoms with Gasteiger partial charge in [0.1, 0.15) is 17.6 Å². The number of ether oxygens (including phenoxy) is 1. The van der Waals surface area contributed by atoms with Crippen molar-refractivity contribution >= 4 is 25.5 Å². The normalized spacial score (nSPS) is 14.5. The third-order valence-electron chi connectivity index (χ3n) is 7.13. The van der Waals surface area contributed by atoms with Crippen LogP contribution in [0.15, 0.2) is 95.6 Å². The number of furan rings is 1. The van der Waals surface area contributed by atoms with E-state index in [1.807, 2.05) is 42.5 Å². The zero-order chi connectivity index (χ0) is 31.5. The fourth-order valence-electron chi connectivity index (χ4n) is 4.77. The summed E-state index contributed by atoms with van der Waals surface area (Å²) in [5.41, 5.74) is 3.88. The summed E-state index contributed by atoms with van der Waals surface area (Å²) in [5, 5.41) is 14.1. The summed E-state index contributed by atoms with van der Waals surface area (Å²) in [6, 6.07) is 24.8. The number of amides is 2. The van der Waals surface area contributed by atoms with Crippen molar-refractivity contribution in [2.45, 2.75) is 44.9 Å². The first-order valence-electron chi connectivity index (χ1n) is 14.6. The van der Waals surface area contributed by atoms with Gasteiger partial charge in [-0.15, -0.1) is 0 Å². The number of benzene rings is 3. The van der Waals surface area contributed by atoms with Gasteiger partial charge in [-0.2, -0.15) is 0 Å². The van der Waals surface area contributed by atoms with Crippen molar-refractivity contribution in [1.82, 2.24) is 5.32 Å². The van der Waals surface area contributed by atoms with Gasteiger partial charge in [-0.3, -0.25) is 18.4 Å². The number of anilines is 1. The maximum absolute atomic E-state index is 13.2. The molecule has 1 aromatic heterocycles. The SMILES string of the molecule is O=C(O)NC(COP1(=O)OCc2ccccc2CO1)C(=O)Nc1ccc(OCCCCCc2ccccc2)c(-c2ccco2)c1. The molecule has 1 atom stereocenters. The smallest absolute Gasteiger partial charge is 0.475 e. The maximum atomic E-state index is 13.2. The molecule has 11 nitrogen and oxygen atoms in total. The molecule has 1 unspecified atom stereocenters. The van der Waals surface area contributed by atoms with Gasteiger partial charge in [-0.05, 0) is 72.7 Å². The molecule has 0 spiro atoms. The van der Waals surface area contributed by atoms with Gasteiger partial charge in [-0.25, -0.2) is 9.36 Å². The number of phosphoric acid groups is 1. The van der Waals surface area contributed by atoms with E-state index >= 15 is 0 Å². The van der Waals surface area contributed by atoms with Crippen LogP contribution in [0.25, 0.3) is 11.3 Å².